The van der Waals surface area contributed by atoms with Crippen molar-refractivity contribution in [3.8, 4) is 5.75 Å². The summed E-state index contributed by atoms with van der Waals surface area (Å²) < 4.78 is 4.91. The number of nitrogens with one attached hydrogen (secondary N) is 1. The first-order valence-corrected chi connectivity index (χ1v) is 9.21. The monoisotopic (exact) mass is 369 g/mol. The maximum absolute atomic E-state index is 12.6. The maximum Gasteiger partial charge on any atom is 0.341 e. The van der Waals surface area contributed by atoms with Gasteiger partial charge in [0.2, 0.25) is 5.91 Å². The third kappa shape index (κ3) is 5.58. The Morgan fingerprint density at radius 1 is 1.07 bits per heavy atom. The Bertz CT molecular complexity index is 796. The lowest BCUT2D eigenvalue weighted by Gasteiger charge is -2.14. The Morgan fingerprint density at radius 2 is 1.74 bits per heavy atom. The minimum atomic E-state index is -0.625. The van der Waals surface area contributed by atoms with Crippen LogP contribution in [0.2, 0.25) is 0 Å². The zero-order valence-electron chi connectivity index (χ0n) is 16.3. The number of esters is 1. The number of anilines is 1. The third-order valence-electron chi connectivity index (χ3n) is 4.28. The fourth-order valence-corrected chi connectivity index (χ4v) is 2.80. The van der Waals surface area contributed by atoms with Gasteiger partial charge < -0.3 is 15.2 Å². The van der Waals surface area contributed by atoms with Crippen LogP contribution >= 0.6 is 0 Å². The Balaban J connectivity index is 2.10. The van der Waals surface area contributed by atoms with Crippen molar-refractivity contribution < 1.29 is 19.4 Å². The minimum Gasteiger partial charge on any atom is -0.507 e. The molecule has 0 bridgehead atoms. The summed E-state index contributed by atoms with van der Waals surface area (Å²) in [7, 11) is 0. The largest absolute Gasteiger partial charge is 0.507 e. The highest BCUT2D eigenvalue weighted by atomic mass is 16.5. The summed E-state index contributed by atoms with van der Waals surface area (Å²) in [6, 6.07) is 12.4. The van der Waals surface area contributed by atoms with Crippen LogP contribution in [0.25, 0.3) is 0 Å². The van der Waals surface area contributed by atoms with E-state index in [0.717, 1.165) is 12.0 Å². The van der Waals surface area contributed by atoms with Crippen LogP contribution in [0.15, 0.2) is 42.5 Å². The number of hydrogen-bond acceptors (Lipinski definition) is 4. The van der Waals surface area contributed by atoms with Gasteiger partial charge in [0.15, 0.2) is 0 Å². The Kier molecular flexibility index (Phi) is 6.99. The Morgan fingerprint density at radius 3 is 2.33 bits per heavy atom. The van der Waals surface area contributed by atoms with Gasteiger partial charge in [-0.3, -0.25) is 4.79 Å². The molecule has 0 aliphatic heterocycles. The normalized spacial score (nSPS) is 11.9. The molecule has 0 unspecified atom stereocenters. The van der Waals surface area contributed by atoms with Crippen molar-refractivity contribution in [2.24, 2.45) is 5.92 Å². The highest BCUT2D eigenvalue weighted by molar-refractivity contribution is 5.98. The van der Waals surface area contributed by atoms with Crippen molar-refractivity contribution in [2.45, 2.75) is 40.0 Å². The lowest BCUT2D eigenvalue weighted by Crippen LogP contribution is -2.19. The quantitative estimate of drug-likeness (QED) is 0.556. The Labute approximate surface area is 160 Å². The number of benzene rings is 2. The number of carbonyl (C=O) groups excluding carboxylic acids is 2. The zero-order chi connectivity index (χ0) is 20.0. The lowest BCUT2D eigenvalue weighted by atomic mass is 9.96. The van der Waals surface area contributed by atoms with E-state index in [1.807, 2.05) is 19.1 Å². The van der Waals surface area contributed by atoms with Crippen molar-refractivity contribution in [1.82, 2.24) is 0 Å². The number of rotatable bonds is 7. The topological polar surface area (TPSA) is 75.6 Å². The van der Waals surface area contributed by atoms with Gasteiger partial charge >= 0.3 is 5.97 Å². The van der Waals surface area contributed by atoms with Gasteiger partial charge in [-0.25, -0.2) is 4.79 Å². The first kappa shape index (κ1) is 20.5. The van der Waals surface area contributed by atoms with Gasteiger partial charge in [0.25, 0.3) is 0 Å². The number of phenols is 1. The molecule has 5 heteroatoms. The lowest BCUT2D eigenvalue weighted by molar-refractivity contribution is -0.117. The van der Waals surface area contributed by atoms with E-state index in [-0.39, 0.29) is 29.7 Å². The predicted molar refractivity (Wildman–Crippen MR) is 106 cm³/mol. The van der Waals surface area contributed by atoms with Crippen LogP contribution in [-0.2, 0) is 16.0 Å². The molecule has 0 aromatic heterocycles. The highest BCUT2D eigenvalue weighted by Crippen LogP contribution is 2.24. The van der Waals surface area contributed by atoms with Gasteiger partial charge in [0.05, 0.1) is 12.5 Å². The van der Waals surface area contributed by atoms with Crippen molar-refractivity contribution in [2.75, 3.05) is 11.9 Å². The molecule has 2 N–H and O–H groups in total. The molecule has 27 heavy (non-hydrogen) atoms. The van der Waals surface area contributed by atoms with Gasteiger partial charge in [0.1, 0.15) is 11.3 Å². The summed E-state index contributed by atoms with van der Waals surface area (Å²) in [4.78, 5) is 24.4. The molecule has 0 aliphatic rings. The number of amides is 1. The molecule has 1 amide bonds. The summed E-state index contributed by atoms with van der Waals surface area (Å²) in [6.07, 6.45) is 1.00. The molecule has 0 spiro atoms. The number of carbonyl (C=O) groups is 2. The van der Waals surface area contributed by atoms with Gasteiger partial charge in [-0.1, -0.05) is 38.1 Å². The predicted octanol–water partition coefficient (Wildman–Crippen LogP) is 4.51. The van der Waals surface area contributed by atoms with E-state index in [9.17, 15) is 14.7 Å². The van der Waals surface area contributed by atoms with Crippen molar-refractivity contribution in [3.63, 3.8) is 0 Å². The molecular formula is C22H27NO4. The molecule has 2 aromatic rings. The van der Waals surface area contributed by atoms with E-state index >= 15 is 0 Å². The van der Waals surface area contributed by atoms with Gasteiger partial charge in [0, 0.05) is 5.69 Å². The summed E-state index contributed by atoms with van der Waals surface area (Å²) >= 11 is 0. The van der Waals surface area contributed by atoms with Crippen molar-refractivity contribution in [1.29, 1.82) is 0 Å². The van der Waals surface area contributed by atoms with Crippen LogP contribution < -0.4 is 5.32 Å². The number of ether oxygens (including phenoxy) is 1. The first-order valence-electron chi connectivity index (χ1n) is 9.21. The second kappa shape index (κ2) is 9.21. The smallest absolute Gasteiger partial charge is 0.341 e. The van der Waals surface area contributed by atoms with Crippen LogP contribution in [0.5, 0.6) is 5.75 Å². The van der Waals surface area contributed by atoms with E-state index < -0.39 is 5.97 Å². The van der Waals surface area contributed by atoms with E-state index in [1.165, 1.54) is 17.7 Å². The molecule has 1 atom stereocenters. The van der Waals surface area contributed by atoms with Crippen LogP contribution in [0.1, 0.15) is 55.1 Å². The number of hydrogen-bond donors (Lipinski definition) is 2. The van der Waals surface area contributed by atoms with Crippen molar-refractivity contribution in [3.05, 3.63) is 59.2 Å². The summed E-state index contributed by atoms with van der Waals surface area (Å²) in [5.41, 5.74) is 2.63. The van der Waals surface area contributed by atoms with E-state index in [0.29, 0.717) is 11.6 Å². The van der Waals surface area contributed by atoms with E-state index in [1.54, 1.807) is 13.0 Å². The van der Waals surface area contributed by atoms with Crippen molar-refractivity contribution >= 4 is 17.6 Å². The molecule has 0 aliphatic carbocycles. The zero-order valence-corrected chi connectivity index (χ0v) is 16.3. The van der Waals surface area contributed by atoms with Gasteiger partial charge in [-0.05, 0) is 55.5 Å². The first-order chi connectivity index (χ1) is 12.8. The molecule has 2 rings (SSSR count). The van der Waals surface area contributed by atoms with Gasteiger partial charge in [-0.15, -0.1) is 0 Å². The number of phenolic OH excluding ortho intramolecular Hbond substituents is 1. The summed E-state index contributed by atoms with van der Waals surface area (Å²) in [6.45, 7) is 8.07. The average molecular weight is 369 g/mol. The van der Waals surface area contributed by atoms with Crippen LogP contribution in [0.4, 0.5) is 5.69 Å². The Hall–Kier alpha value is -2.82. The minimum absolute atomic E-state index is 0.0281. The summed E-state index contributed by atoms with van der Waals surface area (Å²) in [5.74, 6) is -0.759. The molecule has 0 saturated carbocycles. The molecule has 5 nitrogen and oxygen atoms in total. The molecule has 0 heterocycles. The van der Waals surface area contributed by atoms with E-state index in [4.69, 9.17) is 4.74 Å². The molecule has 0 radical (unpaired) electrons. The van der Waals surface area contributed by atoms with Gasteiger partial charge in [-0.2, -0.15) is 0 Å². The molecule has 0 fully saturated rings. The SMILES string of the molecule is CCOC(=O)c1cc(NC(=O)[C@H](C)c2ccc(CC(C)C)cc2)ccc1O. The molecule has 144 valence electrons. The second-order valence-electron chi connectivity index (χ2n) is 7.00. The number of aromatic hydroxyl groups is 1. The fourth-order valence-electron chi connectivity index (χ4n) is 2.80. The molecule has 0 saturated heterocycles. The van der Waals surface area contributed by atoms with Crippen LogP contribution in [0.3, 0.4) is 0 Å². The standard InChI is InChI=1S/C22H27NO4/c1-5-27-22(26)19-13-18(10-11-20(19)24)23-21(25)15(4)17-8-6-16(7-9-17)12-14(2)3/h6-11,13-15,24H,5,12H2,1-4H3,(H,23,25)/t15-/m1/s1. The van der Waals surface area contributed by atoms with E-state index in [2.05, 4.69) is 31.3 Å². The molecular weight excluding hydrogens is 342 g/mol. The molecule has 2 aromatic carbocycles. The highest BCUT2D eigenvalue weighted by Gasteiger charge is 2.18. The fraction of sp³-hybridized carbons (Fsp3) is 0.364. The third-order valence-corrected chi connectivity index (χ3v) is 4.28. The van der Waals surface area contributed by atoms with Crippen LogP contribution in [0, 0.1) is 5.92 Å². The summed E-state index contributed by atoms with van der Waals surface area (Å²) in [5, 5.41) is 12.6. The maximum atomic E-state index is 12.6. The van der Waals surface area contributed by atoms with Crippen LogP contribution in [-0.4, -0.2) is 23.6 Å². The second-order valence-corrected chi connectivity index (χ2v) is 7.00. The average Bonchev–Trinajstić information content (AvgIpc) is 2.63.